The molecule has 2 aromatic heterocycles. The molecule has 2 heterocycles. The fourth-order valence-electron chi connectivity index (χ4n) is 2.11. The van der Waals surface area contributed by atoms with Crippen LogP contribution in [0.3, 0.4) is 0 Å². The summed E-state index contributed by atoms with van der Waals surface area (Å²) in [4.78, 5) is 26.8. The summed E-state index contributed by atoms with van der Waals surface area (Å²) in [6, 6.07) is 0. The number of hydrogen-bond acceptors (Lipinski definition) is 6. The molecule has 0 saturated carbocycles. The highest BCUT2D eigenvalue weighted by Gasteiger charge is 2.20. The Labute approximate surface area is 130 Å². The molecule has 0 radical (unpaired) electrons. The summed E-state index contributed by atoms with van der Waals surface area (Å²) in [6.07, 6.45) is 0. The summed E-state index contributed by atoms with van der Waals surface area (Å²) in [5.41, 5.74) is 2.31. The van der Waals surface area contributed by atoms with Crippen molar-refractivity contribution in [3.05, 3.63) is 22.5 Å². The van der Waals surface area contributed by atoms with E-state index in [0.29, 0.717) is 27.6 Å². The number of carbonyl (C=O) groups excluding carboxylic acids is 2. The first kappa shape index (κ1) is 15.7. The van der Waals surface area contributed by atoms with Crippen LogP contribution in [0.4, 0.5) is 5.13 Å². The second-order valence-electron chi connectivity index (χ2n) is 4.44. The monoisotopic (exact) mass is 324 g/mol. The van der Waals surface area contributed by atoms with E-state index in [1.807, 2.05) is 6.92 Å². The van der Waals surface area contributed by atoms with Gasteiger partial charge in [-0.15, -0.1) is 10.2 Å². The number of anilines is 1. The Bertz CT molecular complexity index is 690. The van der Waals surface area contributed by atoms with Crippen molar-refractivity contribution in [1.82, 2.24) is 15.2 Å². The summed E-state index contributed by atoms with van der Waals surface area (Å²) in [5, 5.41) is 11.1. The minimum atomic E-state index is -0.313. The Morgan fingerprint density at radius 3 is 2.62 bits per heavy atom. The van der Waals surface area contributed by atoms with E-state index >= 15 is 0 Å². The number of carbonyl (C=O) groups is 2. The summed E-state index contributed by atoms with van der Waals surface area (Å²) in [6.45, 7) is 7.05. The van der Waals surface area contributed by atoms with E-state index in [1.54, 1.807) is 25.6 Å². The molecule has 0 aliphatic carbocycles. The van der Waals surface area contributed by atoms with Gasteiger partial charge in [0.25, 0.3) is 5.91 Å². The second-order valence-corrected chi connectivity index (χ2v) is 6.93. The zero-order chi connectivity index (χ0) is 15.6. The van der Waals surface area contributed by atoms with Gasteiger partial charge in [-0.3, -0.25) is 14.9 Å². The Kier molecular flexibility index (Phi) is 4.79. The molecule has 2 N–H and O–H groups in total. The quantitative estimate of drug-likeness (QED) is 0.501. The molecule has 0 saturated heterocycles. The first-order valence-electron chi connectivity index (χ1n) is 6.41. The fraction of sp³-hybridized carbons (Fsp3) is 0.385. The van der Waals surface area contributed by atoms with Crippen LogP contribution in [0, 0.1) is 13.8 Å². The van der Waals surface area contributed by atoms with E-state index in [1.165, 1.54) is 18.3 Å². The van der Waals surface area contributed by atoms with Gasteiger partial charge >= 0.3 is 0 Å². The number of nitrogens with zero attached hydrogens (tertiary/aromatic N) is 2. The number of H-pyrrole nitrogens is 1. The van der Waals surface area contributed by atoms with Crippen molar-refractivity contribution in [2.45, 2.75) is 32.0 Å². The Balaban J connectivity index is 2.20. The van der Waals surface area contributed by atoms with Crippen LogP contribution < -0.4 is 5.32 Å². The molecule has 0 unspecified atom stereocenters. The third-order valence-electron chi connectivity index (χ3n) is 2.91. The zero-order valence-electron chi connectivity index (χ0n) is 12.2. The van der Waals surface area contributed by atoms with Gasteiger partial charge in [-0.05, 0) is 32.1 Å². The van der Waals surface area contributed by atoms with Crippen molar-refractivity contribution in [2.75, 3.05) is 11.1 Å². The molecule has 6 nitrogen and oxygen atoms in total. The number of hydrogen-bond donors (Lipinski definition) is 2. The fourth-order valence-corrected chi connectivity index (χ4v) is 3.75. The Morgan fingerprint density at radius 2 is 2.05 bits per heavy atom. The molecule has 21 heavy (non-hydrogen) atoms. The van der Waals surface area contributed by atoms with E-state index in [9.17, 15) is 9.59 Å². The number of thioether (sulfide) groups is 1. The average Bonchev–Trinajstić information content (AvgIpc) is 2.94. The molecule has 2 rings (SSSR count). The lowest BCUT2D eigenvalue weighted by atomic mass is 10.1. The largest absolute Gasteiger partial charge is 0.354 e. The number of aromatic nitrogens is 3. The first-order chi connectivity index (χ1) is 9.93. The minimum absolute atomic E-state index is 0.0575. The molecule has 0 fully saturated rings. The minimum Gasteiger partial charge on any atom is -0.354 e. The van der Waals surface area contributed by atoms with Gasteiger partial charge in [0, 0.05) is 11.3 Å². The summed E-state index contributed by atoms with van der Waals surface area (Å²) in [5.74, 6) is 0.532. The topological polar surface area (TPSA) is 87.7 Å². The number of amides is 1. The van der Waals surface area contributed by atoms with E-state index in [-0.39, 0.29) is 11.7 Å². The van der Waals surface area contributed by atoms with Crippen molar-refractivity contribution in [3.8, 4) is 0 Å². The third-order valence-corrected chi connectivity index (χ3v) is 4.77. The molecule has 0 aliphatic heterocycles. The molecule has 0 aliphatic rings. The van der Waals surface area contributed by atoms with Crippen LogP contribution in [-0.4, -0.2) is 32.6 Å². The number of ketones is 1. The maximum atomic E-state index is 12.3. The van der Waals surface area contributed by atoms with Gasteiger partial charge in [-0.1, -0.05) is 30.0 Å². The Hall–Kier alpha value is -1.67. The smallest absolute Gasteiger partial charge is 0.274 e. The molecule has 8 heteroatoms. The normalized spacial score (nSPS) is 10.7. The van der Waals surface area contributed by atoms with Crippen LogP contribution in [0.5, 0.6) is 0 Å². The zero-order valence-corrected chi connectivity index (χ0v) is 13.9. The van der Waals surface area contributed by atoms with Crippen LogP contribution in [0.1, 0.15) is 46.0 Å². The van der Waals surface area contributed by atoms with Crippen molar-refractivity contribution < 1.29 is 9.59 Å². The highest BCUT2D eigenvalue weighted by atomic mass is 32.2. The van der Waals surface area contributed by atoms with Crippen molar-refractivity contribution in [3.63, 3.8) is 0 Å². The third kappa shape index (κ3) is 3.33. The standard InChI is InChI=1S/C13H16N4O2S2/c1-5-20-13-17-16-12(21-13)15-11(19)10-6(2)9(8(4)18)7(3)14-10/h14H,5H2,1-4H3,(H,15,16,19). The Morgan fingerprint density at radius 1 is 1.33 bits per heavy atom. The van der Waals surface area contributed by atoms with Gasteiger partial charge in [0.2, 0.25) is 5.13 Å². The van der Waals surface area contributed by atoms with Crippen LogP contribution >= 0.6 is 23.1 Å². The highest BCUT2D eigenvalue weighted by Crippen LogP contribution is 2.26. The van der Waals surface area contributed by atoms with Crippen LogP contribution in [0.15, 0.2) is 4.34 Å². The van der Waals surface area contributed by atoms with E-state index in [4.69, 9.17) is 0 Å². The van der Waals surface area contributed by atoms with Gasteiger partial charge in [0.05, 0.1) is 0 Å². The molecular weight excluding hydrogens is 308 g/mol. The summed E-state index contributed by atoms with van der Waals surface area (Å²) in [7, 11) is 0. The SMILES string of the molecule is CCSc1nnc(NC(=O)c2[nH]c(C)c(C(C)=O)c2C)s1. The number of aryl methyl sites for hydroxylation is 1. The lowest BCUT2D eigenvalue weighted by molar-refractivity contribution is 0.101. The molecule has 0 bridgehead atoms. The first-order valence-corrected chi connectivity index (χ1v) is 8.22. The molecule has 1 amide bonds. The number of rotatable bonds is 5. The number of Topliss-reactive ketones (excluding diaryl/α,β-unsaturated/α-hetero) is 1. The van der Waals surface area contributed by atoms with E-state index < -0.39 is 0 Å². The summed E-state index contributed by atoms with van der Waals surface area (Å²) < 4.78 is 0.816. The molecule has 112 valence electrons. The van der Waals surface area contributed by atoms with Gasteiger partial charge < -0.3 is 4.98 Å². The number of nitrogens with one attached hydrogen (secondary N) is 2. The summed E-state index contributed by atoms with van der Waals surface area (Å²) >= 11 is 2.91. The molecule has 2 aromatic rings. The highest BCUT2D eigenvalue weighted by molar-refractivity contribution is 8.01. The average molecular weight is 324 g/mol. The maximum Gasteiger partial charge on any atom is 0.274 e. The predicted octanol–water partition coefficient (Wildman–Crippen LogP) is 3.05. The van der Waals surface area contributed by atoms with Gasteiger partial charge in [0.1, 0.15) is 5.69 Å². The van der Waals surface area contributed by atoms with Gasteiger partial charge in [-0.25, -0.2) is 0 Å². The predicted molar refractivity (Wildman–Crippen MR) is 84.5 cm³/mol. The number of aromatic amines is 1. The molecular formula is C13H16N4O2S2. The second kappa shape index (κ2) is 6.40. The molecule has 0 aromatic carbocycles. The van der Waals surface area contributed by atoms with Crippen molar-refractivity contribution in [2.24, 2.45) is 0 Å². The lowest BCUT2D eigenvalue weighted by Crippen LogP contribution is -2.13. The molecule has 0 spiro atoms. The van der Waals surface area contributed by atoms with E-state index in [0.717, 1.165) is 10.1 Å². The van der Waals surface area contributed by atoms with Crippen molar-refractivity contribution >= 4 is 39.9 Å². The van der Waals surface area contributed by atoms with Gasteiger partial charge in [0.15, 0.2) is 10.1 Å². The van der Waals surface area contributed by atoms with Gasteiger partial charge in [-0.2, -0.15) is 0 Å². The maximum absolute atomic E-state index is 12.3. The van der Waals surface area contributed by atoms with Crippen LogP contribution in [0.25, 0.3) is 0 Å². The van der Waals surface area contributed by atoms with Crippen molar-refractivity contribution in [1.29, 1.82) is 0 Å². The van der Waals surface area contributed by atoms with Crippen LogP contribution in [-0.2, 0) is 0 Å². The molecule has 0 atom stereocenters. The van der Waals surface area contributed by atoms with Crippen LogP contribution in [0.2, 0.25) is 0 Å². The van der Waals surface area contributed by atoms with E-state index in [2.05, 4.69) is 20.5 Å². The lowest BCUT2D eigenvalue weighted by Gasteiger charge is -2.00.